The van der Waals surface area contributed by atoms with Crippen LogP contribution in [-0.4, -0.2) is 15.8 Å². The Morgan fingerprint density at radius 1 is 1.46 bits per heavy atom. The van der Waals surface area contributed by atoms with Gasteiger partial charge in [0.15, 0.2) is 0 Å². The number of amides is 1. The Hall–Kier alpha value is -0.620. The van der Waals surface area contributed by atoms with Crippen molar-refractivity contribution < 1.29 is 26.3 Å². The molecule has 2 rings (SSSR count). The number of hydrogen-bond acceptors (Lipinski definition) is 2. The third kappa shape index (κ3) is 1.55. The maximum absolute atomic E-state index is 11.7. The van der Waals surface area contributed by atoms with Crippen LogP contribution in [0.25, 0.3) is 0 Å². The van der Waals surface area contributed by atoms with E-state index in [1.54, 1.807) is 5.01 Å². The van der Waals surface area contributed by atoms with Crippen LogP contribution in [0.3, 0.4) is 0 Å². The van der Waals surface area contributed by atoms with Crippen molar-refractivity contribution in [2.75, 3.05) is 4.93 Å². The van der Waals surface area contributed by atoms with E-state index in [-0.39, 0.29) is 27.4 Å². The van der Waals surface area contributed by atoms with Gasteiger partial charge in [-0.2, -0.15) is 0 Å². The Bertz CT molecular complexity index is 340. The third-order valence-electron chi connectivity index (χ3n) is 2.01. The van der Waals surface area contributed by atoms with Gasteiger partial charge in [-0.25, -0.2) is 0 Å². The van der Waals surface area contributed by atoms with E-state index in [4.69, 9.17) is 0 Å². The number of nitrogens with one attached hydrogen (secondary N) is 1. The second-order valence-corrected chi connectivity index (χ2v) is 4.38. The molecule has 0 spiro atoms. The van der Waals surface area contributed by atoms with Crippen LogP contribution < -0.4 is 25.1 Å². The van der Waals surface area contributed by atoms with Crippen molar-refractivity contribution in [3.05, 3.63) is 35.4 Å². The van der Waals surface area contributed by atoms with E-state index in [2.05, 4.69) is 8.57 Å². The molecule has 0 saturated heterocycles. The molecule has 1 aliphatic rings. The number of carbonyl (C=O) groups excluding carboxylic acids is 1. The fraction of sp³-hybridized carbons (Fsp3) is 0.222. The first-order chi connectivity index (χ1) is 6.33. The van der Waals surface area contributed by atoms with Crippen LogP contribution in [-0.2, 0) is 6.54 Å². The van der Waals surface area contributed by atoms with Gasteiger partial charge in [0, 0.05) is 0 Å². The minimum atomic E-state index is -0.0816. The molecule has 0 atom stereocenters. The first-order valence-electron chi connectivity index (χ1n) is 3.97. The molecule has 1 amide bonds. The predicted octanol–water partition coefficient (Wildman–Crippen LogP) is -2.22. The van der Waals surface area contributed by atoms with Gasteiger partial charge < -0.3 is 0 Å². The molecule has 1 aromatic rings. The van der Waals surface area contributed by atoms with Crippen LogP contribution in [0.15, 0.2) is 24.3 Å². The van der Waals surface area contributed by atoms with Gasteiger partial charge in [-0.3, -0.25) is 0 Å². The summed E-state index contributed by atoms with van der Waals surface area (Å²) < 4.78 is 3.13. The van der Waals surface area contributed by atoms with Crippen LogP contribution in [0.1, 0.15) is 15.9 Å². The number of hydrazine groups is 1. The summed E-state index contributed by atoms with van der Waals surface area (Å²) in [5.74, 6) is 0.108. The van der Waals surface area contributed by atoms with Crippen molar-refractivity contribution in [3.63, 3.8) is 0 Å². The summed E-state index contributed by atoms with van der Waals surface area (Å²) >= 11 is -0.0816. The SMILES string of the molecule is C[I-]NN1Cc2ccccc2C1=O. The molecule has 1 N–H and O–H groups in total. The Morgan fingerprint density at radius 3 is 2.92 bits per heavy atom. The average molecular weight is 289 g/mol. The molecule has 0 aliphatic carbocycles. The van der Waals surface area contributed by atoms with Crippen LogP contribution in [0.4, 0.5) is 0 Å². The Morgan fingerprint density at radius 2 is 2.23 bits per heavy atom. The Balaban J connectivity index is 2.28. The average Bonchev–Trinajstić information content (AvgIpc) is 2.46. The fourth-order valence-corrected chi connectivity index (χ4v) is 2.40. The molecule has 1 aromatic carbocycles. The minimum absolute atomic E-state index is 0.0816. The van der Waals surface area contributed by atoms with Crippen molar-refractivity contribution in [2.24, 2.45) is 0 Å². The van der Waals surface area contributed by atoms with E-state index in [0.717, 1.165) is 11.1 Å². The van der Waals surface area contributed by atoms with Gasteiger partial charge in [0.1, 0.15) is 0 Å². The summed E-state index contributed by atoms with van der Waals surface area (Å²) in [4.78, 5) is 13.8. The molecule has 0 aromatic heterocycles. The van der Waals surface area contributed by atoms with Crippen molar-refractivity contribution >= 4 is 5.91 Å². The molecule has 0 unspecified atom stereocenters. The number of nitrogens with zero attached hydrogens (tertiary/aromatic N) is 1. The first-order valence-corrected chi connectivity index (χ1v) is 7.20. The van der Waals surface area contributed by atoms with Gasteiger partial charge in [0.25, 0.3) is 0 Å². The van der Waals surface area contributed by atoms with Gasteiger partial charge in [0.05, 0.1) is 0 Å². The van der Waals surface area contributed by atoms with Gasteiger partial charge >= 0.3 is 87.7 Å². The number of carbonyl (C=O) groups is 1. The van der Waals surface area contributed by atoms with Crippen molar-refractivity contribution in [1.29, 1.82) is 0 Å². The summed E-state index contributed by atoms with van der Waals surface area (Å²) in [6.45, 7) is 0.711. The zero-order valence-electron chi connectivity index (χ0n) is 7.25. The summed E-state index contributed by atoms with van der Waals surface area (Å²) in [7, 11) is 0. The quantitative estimate of drug-likeness (QED) is 0.380. The zero-order chi connectivity index (χ0) is 9.26. The number of benzene rings is 1. The number of halogens is 1. The summed E-state index contributed by atoms with van der Waals surface area (Å²) in [5.41, 5.74) is 1.96. The van der Waals surface area contributed by atoms with E-state index < -0.39 is 0 Å². The van der Waals surface area contributed by atoms with Gasteiger partial charge in [-0.05, 0) is 0 Å². The fourth-order valence-electron chi connectivity index (χ4n) is 1.42. The number of rotatable bonds is 2. The van der Waals surface area contributed by atoms with Crippen LogP contribution in [0.2, 0.25) is 0 Å². The molecular weight excluding hydrogens is 279 g/mol. The van der Waals surface area contributed by atoms with E-state index in [1.807, 2.05) is 24.3 Å². The Kier molecular flexibility index (Phi) is 2.50. The van der Waals surface area contributed by atoms with Crippen LogP contribution in [0.5, 0.6) is 0 Å². The molecule has 70 valence electrons. The standard InChI is InChI=1S/C9H10IN2O/c1-10-11-12-6-7-4-2-3-5-8(7)9(12)13/h2-5,11H,6H2,1H3/q-1. The topological polar surface area (TPSA) is 32.3 Å². The molecule has 1 heterocycles. The van der Waals surface area contributed by atoms with Crippen LogP contribution >= 0.6 is 0 Å². The summed E-state index contributed by atoms with van der Waals surface area (Å²) in [6.07, 6.45) is 0. The number of hydrogen-bond donors (Lipinski definition) is 1. The van der Waals surface area contributed by atoms with Gasteiger partial charge in [-0.15, -0.1) is 0 Å². The molecule has 0 bridgehead atoms. The number of alkyl halides is 1. The summed E-state index contributed by atoms with van der Waals surface area (Å²) in [5, 5.41) is 1.71. The second kappa shape index (κ2) is 3.63. The molecule has 1 aliphatic heterocycles. The van der Waals surface area contributed by atoms with Crippen LogP contribution in [0, 0.1) is 0 Å². The van der Waals surface area contributed by atoms with E-state index in [0.29, 0.717) is 6.54 Å². The zero-order valence-corrected chi connectivity index (χ0v) is 9.41. The van der Waals surface area contributed by atoms with Crippen molar-refractivity contribution in [1.82, 2.24) is 8.65 Å². The normalized spacial score (nSPS) is 15.2. The molecule has 0 saturated carbocycles. The summed E-state index contributed by atoms with van der Waals surface area (Å²) in [6, 6.07) is 7.76. The Labute approximate surface area is 87.7 Å². The van der Waals surface area contributed by atoms with Gasteiger partial charge in [-0.1, -0.05) is 0 Å². The maximum atomic E-state index is 11.7. The molecule has 13 heavy (non-hydrogen) atoms. The molecule has 0 fully saturated rings. The molecule has 0 radical (unpaired) electrons. The molecule has 4 heteroatoms. The molecular formula is C9H10IN2O-. The first kappa shape index (κ1) is 8.96. The van der Waals surface area contributed by atoms with Crippen molar-refractivity contribution in [3.8, 4) is 0 Å². The molecule has 3 nitrogen and oxygen atoms in total. The van der Waals surface area contributed by atoms with Crippen molar-refractivity contribution in [2.45, 2.75) is 6.54 Å². The predicted molar refractivity (Wildman–Crippen MR) is 45.4 cm³/mol. The van der Waals surface area contributed by atoms with E-state index >= 15 is 0 Å². The van der Waals surface area contributed by atoms with E-state index in [1.165, 1.54) is 0 Å². The monoisotopic (exact) mass is 289 g/mol. The number of fused-ring (bicyclic) bond motifs is 1. The van der Waals surface area contributed by atoms with Gasteiger partial charge in [0.2, 0.25) is 0 Å². The second-order valence-electron chi connectivity index (χ2n) is 2.82. The van der Waals surface area contributed by atoms with E-state index in [9.17, 15) is 4.79 Å². The third-order valence-corrected chi connectivity index (χ3v) is 3.07.